The summed E-state index contributed by atoms with van der Waals surface area (Å²) in [5, 5.41) is 13.7. The minimum atomic E-state index is -3.24. The third-order valence-corrected chi connectivity index (χ3v) is 10.00. The van der Waals surface area contributed by atoms with Gasteiger partial charge in [0, 0.05) is 32.6 Å². The van der Waals surface area contributed by atoms with Gasteiger partial charge < -0.3 is 29.4 Å². The summed E-state index contributed by atoms with van der Waals surface area (Å²) < 4.78 is 48.5. The van der Waals surface area contributed by atoms with Gasteiger partial charge in [-0.25, -0.2) is 8.42 Å². The number of ether oxygens (including phenoxy) is 4. The number of hydrogen-bond acceptors (Lipinski definition) is 8. The normalized spacial score (nSPS) is 17.7. The molecule has 0 saturated heterocycles. The highest BCUT2D eigenvalue weighted by Crippen LogP contribution is 2.33. The van der Waals surface area contributed by atoms with Gasteiger partial charge in [-0.05, 0) is 67.6 Å². The van der Waals surface area contributed by atoms with Crippen LogP contribution in [0.2, 0.25) is 0 Å². The average molecular weight is 590 g/mol. The van der Waals surface area contributed by atoms with Gasteiger partial charge in [0.2, 0.25) is 5.79 Å². The van der Waals surface area contributed by atoms with Crippen LogP contribution in [0.3, 0.4) is 0 Å². The Hall–Kier alpha value is -2.01. The minimum absolute atomic E-state index is 0.234. The lowest BCUT2D eigenvalue weighted by molar-refractivity contribution is -0.180. The summed E-state index contributed by atoms with van der Waals surface area (Å²) in [6, 6.07) is 13.0. The van der Waals surface area contributed by atoms with E-state index in [2.05, 4.69) is 5.32 Å². The van der Waals surface area contributed by atoms with Crippen molar-refractivity contribution >= 4 is 9.84 Å². The second kappa shape index (κ2) is 15.5. The summed E-state index contributed by atoms with van der Waals surface area (Å²) in [5.41, 5.74) is 2.71. The van der Waals surface area contributed by atoms with Crippen LogP contribution in [0.1, 0.15) is 88.0 Å². The average Bonchev–Trinajstić information content (AvgIpc) is 3.51. The Morgan fingerprint density at radius 1 is 1.00 bits per heavy atom. The van der Waals surface area contributed by atoms with E-state index in [0.29, 0.717) is 44.5 Å². The Morgan fingerprint density at radius 2 is 1.78 bits per heavy atom. The molecule has 1 fully saturated rings. The molecular weight excluding hydrogens is 542 g/mol. The first kappa shape index (κ1) is 31.9. The lowest BCUT2D eigenvalue weighted by Gasteiger charge is -2.33. The van der Waals surface area contributed by atoms with Crippen molar-refractivity contribution in [3.63, 3.8) is 0 Å². The second-order valence-electron chi connectivity index (χ2n) is 11.6. The molecule has 2 aromatic rings. The summed E-state index contributed by atoms with van der Waals surface area (Å²) in [6.07, 6.45) is 7.21. The van der Waals surface area contributed by atoms with E-state index < -0.39 is 21.7 Å². The van der Waals surface area contributed by atoms with Crippen molar-refractivity contribution in [2.24, 2.45) is 0 Å². The van der Waals surface area contributed by atoms with E-state index in [-0.39, 0.29) is 5.25 Å². The van der Waals surface area contributed by atoms with Gasteiger partial charge in [0.15, 0.2) is 9.84 Å². The van der Waals surface area contributed by atoms with Crippen molar-refractivity contribution in [2.75, 3.05) is 32.9 Å². The molecule has 8 nitrogen and oxygen atoms in total. The van der Waals surface area contributed by atoms with Crippen molar-refractivity contribution in [1.82, 2.24) is 5.32 Å². The van der Waals surface area contributed by atoms with Crippen LogP contribution >= 0.6 is 0 Å². The van der Waals surface area contributed by atoms with Gasteiger partial charge >= 0.3 is 0 Å². The Kier molecular flexibility index (Phi) is 12.0. The molecule has 1 heterocycles. The number of benzene rings is 2. The Labute approximate surface area is 245 Å². The maximum Gasteiger partial charge on any atom is 0.205 e. The second-order valence-corrected chi connectivity index (χ2v) is 13.8. The molecule has 9 heteroatoms. The highest BCUT2D eigenvalue weighted by atomic mass is 32.2. The van der Waals surface area contributed by atoms with Gasteiger partial charge in [0.25, 0.3) is 0 Å². The Morgan fingerprint density at radius 3 is 2.61 bits per heavy atom. The molecule has 41 heavy (non-hydrogen) atoms. The first-order valence-electron chi connectivity index (χ1n) is 15.1. The lowest BCUT2D eigenvalue weighted by Crippen LogP contribution is -2.35. The van der Waals surface area contributed by atoms with E-state index in [1.165, 1.54) is 0 Å². The molecule has 1 aliphatic heterocycles. The third kappa shape index (κ3) is 9.76. The molecule has 2 N–H and O–H groups in total. The van der Waals surface area contributed by atoms with E-state index >= 15 is 0 Å². The van der Waals surface area contributed by atoms with Crippen LogP contribution in [0.5, 0.6) is 5.75 Å². The van der Waals surface area contributed by atoms with Crippen molar-refractivity contribution in [3.8, 4) is 5.75 Å². The number of aliphatic hydroxyl groups is 1. The fourth-order valence-corrected chi connectivity index (χ4v) is 7.27. The summed E-state index contributed by atoms with van der Waals surface area (Å²) in [5.74, 6) is 0.198. The summed E-state index contributed by atoms with van der Waals surface area (Å²) in [7, 11) is -3.24. The molecule has 0 unspecified atom stereocenters. The predicted molar refractivity (Wildman–Crippen MR) is 159 cm³/mol. The molecule has 228 valence electrons. The van der Waals surface area contributed by atoms with Crippen LogP contribution in [-0.2, 0) is 37.3 Å². The lowest BCUT2D eigenvalue weighted by atomic mass is 10.0. The largest absolute Gasteiger partial charge is 0.463 e. The third-order valence-electron chi connectivity index (χ3n) is 7.74. The Balaban J connectivity index is 0.987. The predicted octanol–water partition coefficient (Wildman–Crippen LogP) is 5.46. The number of aliphatic hydroxyl groups excluding tert-OH is 1. The van der Waals surface area contributed by atoms with Gasteiger partial charge in [-0.1, -0.05) is 43.9 Å². The van der Waals surface area contributed by atoms with Gasteiger partial charge in [-0.3, -0.25) is 0 Å². The molecule has 0 bridgehead atoms. The van der Waals surface area contributed by atoms with Gasteiger partial charge in [0.05, 0.1) is 42.7 Å². The zero-order chi connectivity index (χ0) is 29.1. The van der Waals surface area contributed by atoms with Crippen LogP contribution in [0.4, 0.5) is 0 Å². The molecular formula is C32H47NO7S. The SMILES string of the molecule is CC1(C)OCc2cc([C@@H](O)CNCCCCCCOCCOCc3cccc(S(=O)(=O)C4CCCC4)c3)ccc2O1. The van der Waals surface area contributed by atoms with Crippen LogP contribution in [-0.4, -0.2) is 57.5 Å². The number of nitrogens with one attached hydrogen (secondary N) is 1. The molecule has 1 aliphatic carbocycles. The zero-order valence-electron chi connectivity index (χ0n) is 24.6. The zero-order valence-corrected chi connectivity index (χ0v) is 25.4. The van der Waals surface area contributed by atoms with E-state index in [4.69, 9.17) is 18.9 Å². The topological polar surface area (TPSA) is 103 Å². The van der Waals surface area contributed by atoms with Crippen molar-refractivity contribution in [3.05, 3.63) is 59.2 Å². The summed E-state index contributed by atoms with van der Waals surface area (Å²) in [6.45, 7) is 7.73. The Bertz CT molecular complexity index is 1190. The van der Waals surface area contributed by atoms with Crippen molar-refractivity contribution in [2.45, 2.75) is 100 Å². The van der Waals surface area contributed by atoms with Crippen LogP contribution in [0.25, 0.3) is 0 Å². The number of fused-ring (bicyclic) bond motifs is 1. The maximum absolute atomic E-state index is 12.8. The van der Waals surface area contributed by atoms with E-state index in [9.17, 15) is 13.5 Å². The number of hydrogen-bond donors (Lipinski definition) is 2. The van der Waals surface area contributed by atoms with E-state index in [0.717, 1.165) is 80.4 Å². The first-order chi connectivity index (χ1) is 19.7. The fourth-order valence-electron chi connectivity index (χ4n) is 5.34. The molecule has 4 rings (SSSR count). The van der Waals surface area contributed by atoms with Crippen LogP contribution in [0.15, 0.2) is 47.4 Å². The number of rotatable bonds is 17. The molecule has 2 aromatic carbocycles. The van der Waals surface area contributed by atoms with Crippen molar-refractivity contribution in [1.29, 1.82) is 0 Å². The molecule has 0 radical (unpaired) electrons. The smallest absolute Gasteiger partial charge is 0.205 e. The maximum atomic E-state index is 12.8. The quantitative estimate of drug-likeness (QED) is 0.234. The monoisotopic (exact) mass is 589 g/mol. The summed E-state index contributed by atoms with van der Waals surface area (Å²) in [4.78, 5) is 0.415. The van der Waals surface area contributed by atoms with Crippen LogP contribution in [0, 0.1) is 0 Å². The highest BCUT2D eigenvalue weighted by molar-refractivity contribution is 7.92. The summed E-state index contributed by atoms with van der Waals surface area (Å²) >= 11 is 0. The molecule has 2 aliphatic rings. The minimum Gasteiger partial charge on any atom is -0.463 e. The van der Waals surface area contributed by atoms with E-state index in [1.54, 1.807) is 18.2 Å². The number of unbranched alkanes of at least 4 members (excludes halogenated alkanes) is 3. The molecule has 0 aromatic heterocycles. The van der Waals surface area contributed by atoms with Gasteiger partial charge in [0.1, 0.15) is 5.75 Å². The molecule has 1 saturated carbocycles. The molecule has 0 amide bonds. The van der Waals surface area contributed by atoms with Crippen LogP contribution < -0.4 is 10.1 Å². The van der Waals surface area contributed by atoms with E-state index in [1.807, 2.05) is 38.1 Å². The van der Waals surface area contributed by atoms with Crippen molar-refractivity contribution < 1.29 is 32.5 Å². The number of sulfone groups is 1. The first-order valence-corrected chi connectivity index (χ1v) is 16.6. The molecule has 1 atom stereocenters. The molecule has 0 spiro atoms. The van der Waals surface area contributed by atoms with Gasteiger partial charge in [-0.15, -0.1) is 0 Å². The highest BCUT2D eigenvalue weighted by Gasteiger charge is 2.30. The fraction of sp³-hybridized carbons (Fsp3) is 0.625. The standard InChI is InChI=1S/C32H47NO7S/c1-32(2)39-24-27-21-26(14-15-31(27)40-32)30(34)22-33-16-7-3-4-8-17-37-18-19-38-23-25-10-9-13-29(20-25)41(35,36)28-11-5-6-12-28/h9-10,13-15,20-21,28,30,33-34H,3-8,11-12,16-19,22-24H2,1-2H3/t30-/m0/s1. The van der Waals surface area contributed by atoms with Gasteiger partial charge in [-0.2, -0.15) is 0 Å².